The van der Waals surface area contributed by atoms with Crippen molar-refractivity contribution in [1.82, 2.24) is 16.0 Å². The molecule has 1 aliphatic heterocycles. The van der Waals surface area contributed by atoms with Crippen molar-refractivity contribution >= 4 is 11.9 Å². The Morgan fingerprint density at radius 3 is 2.67 bits per heavy atom. The minimum Gasteiger partial charge on any atom is -0.493 e. The second kappa shape index (κ2) is 11.8. The molecule has 2 rings (SSSR count). The summed E-state index contributed by atoms with van der Waals surface area (Å²) in [4.78, 5) is 17.0. The van der Waals surface area contributed by atoms with Crippen LogP contribution < -0.4 is 20.7 Å². The highest BCUT2D eigenvalue weighted by molar-refractivity contribution is 5.84. The molecule has 1 amide bonds. The van der Waals surface area contributed by atoms with Crippen LogP contribution in [0.2, 0.25) is 0 Å². The first-order valence-corrected chi connectivity index (χ1v) is 11.0. The summed E-state index contributed by atoms with van der Waals surface area (Å²) in [5.74, 6) is 2.05. The van der Waals surface area contributed by atoms with Crippen molar-refractivity contribution in [1.29, 1.82) is 0 Å². The van der Waals surface area contributed by atoms with Crippen molar-refractivity contribution in [2.24, 2.45) is 16.3 Å². The Labute approximate surface area is 181 Å². The molecule has 0 saturated carbocycles. The van der Waals surface area contributed by atoms with E-state index in [-0.39, 0.29) is 5.91 Å². The van der Waals surface area contributed by atoms with Gasteiger partial charge in [-0.05, 0) is 52.7 Å². The van der Waals surface area contributed by atoms with Gasteiger partial charge in [-0.2, -0.15) is 0 Å². The molecule has 1 atom stereocenters. The van der Waals surface area contributed by atoms with Crippen LogP contribution in [0.3, 0.4) is 0 Å². The van der Waals surface area contributed by atoms with Gasteiger partial charge in [0, 0.05) is 37.7 Å². The molecule has 168 valence electrons. The van der Waals surface area contributed by atoms with Crippen LogP contribution in [0, 0.1) is 18.3 Å². The Morgan fingerprint density at radius 1 is 1.23 bits per heavy atom. The topological polar surface area (TPSA) is 84.0 Å². The van der Waals surface area contributed by atoms with E-state index in [1.54, 1.807) is 0 Å². The van der Waals surface area contributed by atoms with E-state index in [0.29, 0.717) is 38.1 Å². The van der Waals surface area contributed by atoms with Crippen LogP contribution in [-0.4, -0.2) is 51.3 Å². The number of aliphatic imine (C=N–C) groups is 1. The molecule has 7 nitrogen and oxygen atoms in total. The lowest BCUT2D eigenvalue weighted by Gasteiger charge is -2.25. The van der Waals surface area contributed by atoms with E-state index in [4.69, 9.17) is 14.5 Å². The van der Waals surface area contributed by atoms with Crippen molar-refractivity contribution < 1.29 is 14.3 Å². The minimum absolute atomic E-state index is 0.0264. The molecular formula is C23H38N4O3. The zero-order valence-corrected chi connectivity index (χ0v) is 19.1. The lowest BCUT2D eigenvalue weighted by molar-refractivity contribution is -0.128. The first-order valence-electron chi connectivity index (χ1n) is 11.0. The van der Waals surface area contributed by atoms with Crippen molar-refractivity contribution in [2.75, 3.05) is 39.5 Å². The smallest absolute Gasteiger partial charge is 0.227 e. The summed E-state index contributed by atoms with van der Waals surface area (Å²) < 4.78 is 11.6. The summed E-state index contributed by atoms with van der Waals surface area (Å²) >= 11 is 0. The summed E-state index contributed by atoms with van der Waals surface area (Å²) in [5, 5.41) is 9.44. The summed E-state index contributed by atoms with van der Waals surface area (Å²) in [7, 11) is 0. The highest BCUT2D eigenvalue weighted by Crippen LogP contribution is 2.23. The van der Waals surface area contributed by atoms with Crippen molar-refractivity contribution in [3.8, 4) is 5.75 Å². The maximum atomic E-state index is 12.2. The van der Waals surface area contributed by atoms with Gasteiger partial charge >= 0.3 is 0 Å². The van der Waals surface area contributed by atoms with E-state index in [0.717, 1.165) is 43.1 Å². The molecule has 0 aliphatic carbocycles. The molecule has 1 aromatic carbocycles. The van der Waals surface area contributed by atoms with Gasteiger partial charge in [0.05, 0.1) is 25.2 Å². The number of aryl methyl sites for hydroxylation is 1. The molecule has 1 saturated heterocycles. The van der Waals surface area contributed by atoms with Gasteiger partial charge < -0.3 is 25.4 Å². The van der Waals surface area contributed by atoms with E-state index >= 15 is 0 Å². The van der Waals surface area contributed by atoms with E-state index < -0.39 is 5.41 Å². The fraction of sp³-hybridized carbons (Fsp3) is 0.652. The lowest BCUT2D eigenvalue weighted by atomic mass is 9.92. The number of ether oxygens (including phenoxy) is 2. The predicted octanol–water partition coefficient (Wildman–Crippen LogP) is 2.63. The Balaban J connectivity index is 2.03. The summed E-state index contributed by atoms with van der Waals surface area (Å²) in [6, 6.07) is 6.22. The van der Waals surface area contributed by atoms with Crippen LogP contribution in [0.25, 0.3) is 0 Å². The predicted molar refractivity (Wildman–Crippen MR) is 121 cm³/mol. The molecule has 1 fully saturated rings. The van der Waals surface area contributed by atoms with Crippen LogP contribution in [0.4, 0.5) is 0 Å². The molecule has 7 heteroatoms. The Hall–Kier alpha value is -2.28. The van der Waals surface area contributed by atoms with E-state index in [1.807, 2.05) is 27.7 Å². The standard InChI is InChI=1S/C23H38N4O3/c1-6-24-21(28)23(4,5)16-27-22(25-7-2)26-13-19-9-8-17(3)12-20(19)30-15-18-10-11-29-14-18/h8-9,12,18H,6-7,10-11,13-16H2,1-5H3,(H,24,28)(H2,25,26,27). The lowest BCUT2D eigenvalue weighted by Crippen LogP contribution is -2.47. The van der Waals surface area contributed by atoms with Gasteiger partial charge in [-0.1, -0.05) is 12.1 Å². The molecule has 0 spiro atoms. The molecule has 3 N–H and O–H groups in total. The molecule has 0 radical (unpaired) electrons. The number of nitrogens with zero attached hydrogens (tertiary/aromatic N) is 1. The van der Waals surface area contributed by atoms with Crippen LogP contribution >= 0.6 is 0 Å². The first kappa shape index (κ1) is 24.0. The third-order valence-electron chi connectivity index (χ3n) is 5.12. The van der Waals surface area contributed by atoms with Crippen LogP contribution in [-0.2, 0) is 16.1 Å². The highest BCUT2D eigenvalue weighted by atomic mass is 16.5. The van der Waals surface area contributed by atoms with Crippen LogP contribution in [0.1, 0.15) is 45.2 Å². The molecule has 1 aliphatic rings. The number of carbonyl (C=O) groups is 1. The molecule has 0 bridgehead atoms. The number of carbonyl (C=O) groups excluding carboxylic acids is 1. The molecular weight excluding hydrogens is 380 g/mol. The summed E-state index contributed by atoms with van der Waals surface area (Å²) in [6.45, 7) is 14.5. The number of hydrogen-bond acceptors (Lipinski definition) is 4. The SMILES string of the molecule is CCNC(=O)C(C)(C)CNC(=NCc1ccc(C)cc1OCC1CCOC1)NCC. The van der Waals surface area contributed by atoms with Gasteiger partial charge in [-0.15, -0.1) is 0 Å². The molecule has 1 aromatic rings. The zero-order valence-electron chi connectivity index (χ0n) is 19.1. The van der Waals surface area contributed by atoms with E-state index in [9.17, 15) is 4.79 Å². The first-order chi connectivity index (χ1) is 14.4. The molecule has 30 heavy (non-hydrogen) atoms. The third kappa shape index (κ3) is 7.52. The van der Waals surface area contributed by atoms with Gasteiger partial charge in [-0.3, -0.25) is 4.79 Å². The summed E-state index contributed by atoms with van der Waals surface area (Å²) in [6.07, 6.45) is 1.05. The average Bonchev–Trinajstić information content (AvgIpc) is 3.23. The van der Waals surface area contributed by atoms with Gasteiger partial charge in [0.25, 0.3) is 0 Å². The number of rotatable bonds is 10. The van der Waals surface area contributed by atoms with E-state index in [1.165, 1.54) is 0 Å². The van der Waals surface area contributed by atoms with Gasteiger partial charge in [0.1, 0.15) is 5.75 Å². The highest BCUT2D eigenvalue weighted by Gasteiger charge is 2.27. The fourth-order valence-corrected chi connectivity index (χ4v) is 3.14. The molecule has 1 heterocycles. The van der Waals surface area contributed by atoms with Gasteiger partial charge in [-0.25, -0.2) is 4.99 Å². The number of benzene rings is 1. The van der Waals surface area contributed by atoms with Gasteiger partial charge in [0.15, 0.2) is 5.96 Å². The normalized spacial score (nSPS) is 17.0. The Bertz CT molecular complexity index is 712. The minimum atomic E-state index is -0.534. The summed E-state index contributed by atoms with van der Waals surface area (Å²) in [5.41, 5.74) is 1.67. The maximum Gasteiger partial charge on any atom is 0.227 e. The van der Waals surface area contributed by atoms with Crippen LogP contribution in [0.5, 0.6) is 5.75 Å². The number of guanidine groups is 1. The second-order valence-electron chi connectivity index (χ2n) is 8.44. The number of nitrogens with one attached hydrogen (secondary N) is 3. The quantitative estimate of drug-likeness (QED) is 0.402. The maximum absolute atomic E-state index is 12.2. The molecule has 0 aromatic heterocycles. The van der Waals surface area contributed by atoms with Crippen molar-refractivity contribution in [2.45, 2.75) is 47.6 Å². The van der Waals surface area contributed by atoms with Gasteiger partial charge in [0.2, 0.25) is 5.91 Å². The fourth-order valence-electron chi connectivity index (χ4n) is 3.14. The Morgan fingerprint density at radius 2 is 2.00 bits per heavy atom. The third-order valence-corrected chi connectivity index (χ3v) is 5.12. The van der Waals surface area contributed by atoms with Crippen molar-refractivity contribution in [3.63, 3.8) is 0 Å². The van der Waals surface area contributed by atoms with E-state index in [2.05, 4.69) is 41.1 Å². The largest absolute Gasteiger partial charge is 0.493 e. The zero-order chi connectivity index (χ0) is 22.0. The monoisotopic (exact) mass is 418 g/mol. The second-order valence-corrected chi connectivity index (χ2v) is 8.44. The number of amides is 1. The van der Waals surface area contributed by atoms with Crippen LogP contribution in [0.15, 0.2) is 23.2 Å². The number of hydrogen-bond donors (Lipinski definition) is 3. The average molecular weight is 419 g/mol. The Kier molecular flexibility index (Phi) is 9.43. The van der Waals surface area contributed by atoms with Crippen molar-refractivity contribution in [3.05, 3.63) is 29.3 Å². The molecule has 1 unspecified atom stereocenters.